The highest BCUT2D eigenvalue weighted by molar-refractivity contribution is 5.94. The Kier molecular flexibility index (Phi) is 7.19. The summed E-state index contributed by atoms with van der Waals surface area (Å²) in [7, 11) is 1.60. The number of carbonyl (C=O) groups is 2. The molecule has 39 heavy (non-hydrogen) atoms. The van der Waals surface area contributed by atoms with E-state index >= 15 is 0 Å². The number of cyclic esters (lactones) is 1. The van der Waals surface area contributed by atoms with Gasteiger partial charge in [-0.25, -0.2) is 9.78 Å². The Bertz CT molecular complexity index is 1550. The van der Waals surface area contributed by atoms with Crippen molar-refractivity contribution in [3.05, 3.63) is 82.9 Å². The molecule has 1 fully saturated rings. The lowest BCUT2D eigenvalue weighted by Gasteiger charge is -2.13. The third kappa shape index (κ3) is 5.55. The average Bonchev–Trinajstić information content (AvgIpc) is 3.54. The molecule has 1 saturated heterocycles. The molecule has 9 nitrogen and oxygen atoms in total. The summed E-state index contributed by atoms with van der Waals surface area (Å²) in [6.07, 6.45) is -0.845. The van der Waals surface area contributed by atoms with E-state index in [-0.39, 0.29) is 18.4 Å². The van der Waals surface area contributed by atoms with Crippen LogP contribution in [-0.4, -0.2) is 48.2 Å². The Morgan fingerprint density at radius 3 is 2.59 bits per heavy atom. The molecule has 0 bridgehead atoms. The molecule has 4 aromatic rings. The number of nitrogens with zero attached hydrogens (tertiary/aromatic N) is 3. The molecule has 0 aliphatic carbocycles. The number of fused-ring (bicyclic) bond motifs is 1. The van der Waals surface area contributed by atoms with Gasteiger partial charge >= 0.3 is 6.09 Å². The lowest BCUT2D eigenvalue weighted by atomic mass is 10.00. The molecule has 0 radical (unpaired) electrons. The Hall–Kier alpha value is -4.84. The third-order valence-corrected chi connectivity index (χ3v) is 6.64. The minimum Gasteiger partial charge on any atom is -0.497 e. The normalized spacial score (nSPS) is 14.9. The lowest BCUT2D eigenvalue weighted by Crippen LogP contribution is -2.34. The van der Waals surface area contributed by atoms with Crippen molar-refractivity contribution < 1.29 is 23.5 Å². The topological polar surface area (TPSA) is 118 Å². The van der Waals surface area contributed by atoms with Gasteiger partial charge in [-0.2, -0.15) is 5.26 Å². The fourth-order valence-electron chi connectivity index (χ4n) is 4.51. The quantitative estimate of drug-likeness (QED) is 0.334. The first-order valence-corrected chi connectivity index (χ1v) is 12.7. The van der Waals surface area contributed by atoms with E-state index in [1.165, 1.54) is 0 Å². The third-order valence-electron chi connectivity index (χ3n) is 6.64. The summed E-state index contributed by atoms with van der Waals surface area (Å²) in [5, 5.41) is 12.2. The van der Waals surface area contributed by atoms with Gasteiger partial charge in [-0.3, -0.25) is 4.79 Å². The molecular weight excluding hydrogens is 496 g/mol. The molecule has 0 saturated carbocycles. The Morgan fingerprint density at radius 2 is 1.92 bits per heavy atom. The van der Waals surface area contributed by atoms with E-state index in [1.807, 2.05) is 44.2 Å². The second kappa shape index (κ2) is 10.9. The van der Waals surface area contributed by atoms with Crippen molar-refractivity contribution in [2.45, 2.75) is 32.4 Å². The molecule has 1 aliphatic rings. The molecular formula is C30H28N4O5. The van der Waals surface area contributed by atoms with Crippen molar-refractivity contribution in [2.24, 2.45) is 0 Å². The van der Waals surface area contributed by atoms with E-state index in [2.05, 4.69) is 16.4 Å². The summed E-state index contributed by atoms with van der Waals surface area (Å²) in [5.74, 6) is 1.06. The number of amides is 2. The van der Waals surface area contributed by atoms with Crippen molar-refractivity contribution in [3.63, 3.8) is 0 Å². The molecule has 5 rings (SSSR count). The number of benzene rings is 3. The molecule has 198 valence electrons. The van der Waals surface area contributed by atoms with E-state index < -0.39 is 12.2 Å². The van der Waals surface area contributed by atoms with Gasteiger partial charge in [0, 0.05) is 23.2 Å². The Balaban J connectivity index is 1.20. The van der Waals surface area contributed by atoms with E-state index in [9.17, 15) is 14.9 Å². The molecule has 1 aliphatic heterocycles. The molecule has 1 atom stereocenters. The van der Waals surface area contributed by atoms with Crippen LogP contribution in [0.5, 0.6) is 5.75 Å². The zero-order valence-corrected chi connectivity index (χ0v) is 21.9. The van der Waals surface area contributed by atoms with Gasteiger partial charge in [0.05, 0.1) is 31.8 Å². The minimum absolute atomic E-state index is 0.168. The number of nitriles is 1. The zero-order chi connectivity index (χ0) is 27.5. The van der Waals surface area contributed by atoms with Gasteiger partial charge in [0.1, 0.15) is 17.4 Å². The SMILES string of the molecule is COc1ccc(CN2CC(CNC(=O)c3ccc(-c4nc5cc(C#N)cc(C(C)C)c5o4)cc3)OC2=O)cc1. The van der Waals surface area contributed by atoms with Crippen LogP contribution in [0.25, 0.3) is 22.6 Å². The Morgan fingerprint density at radius 1 is 1.18 bits per heavy atom. The predicted molar refractivity (Wildman–Crippen MR) is 144 cm³/mol. The van der Waals surface area contributed by atoms with Crippen LogP contribution in [0.4, 0.5) is 4.79 Å². The monoisotopic (exact) mass is 524 g/mol. The number of aromatic nitrogens is 1. The van der Waals surface area contributed by atoms with E-state index in [0.717, 1.165) is 22.4 Å². The minimum atomic E-state index is -0.438. The van der Waals surface area contributed by atoms with E-state index in [4.69, 9.17) is 13.9 Å². The maximum Gasteiger partial charge on any atom is 0.410 e. The maximum atomic E-state index is 12.7. The summed E-state index contributed by atoms with van der Waals surface area (Å²) in [5.41, 5.74) is 4.89. The van der Waals surface area contributed by atoms with E-state index in [1.54, 1.807) is 42.3 Å². The second-order valence-corrected chi connectivity index (χ2v) is 9.72. The van der Waals surface area contributed by atoms with Crippen molar-refractivity contribution in [3.8, 4) is 23.3 Å². The molecule has 1 aromatic heterocycles. The zero-order valence-electron chi connectivity index (χ0n) is 21.9. The first-order valence-electron chi connectivity index (χ1n) is 12.7. The fourth-order valence-corrected chi connectivity index (χ4v) is 4.51. The molecule has 0 spiro atoms. The first-order chi connectivity index (χ1) is 18.8. The number of hydrogen-bond donors (Lipinski definition) is 1. The molecule has 3 aromatic carbocycles. The fraction of sp³-hybridized carbons (Fsp3) is 0.267. The highest BCUT2D eigenvalue weighted by Gasteiger charge is 2.31. The predicted octanol–water partition coefficient (Wildman–Crippen LogP) is 5.25. The number of methoxy groups -OCH3 is 1. The average molecular weight is 525 g/mol. The van der Waals surface area contributed by atoms with Crippen LogP contribution in [-0.2, 0) is 11.3 Å². The summed E-state index contributed by atoms with van der Waals surface area (Å²) in [6, 6.07) is 20.1. The molecule has 2 amide bonds. The van der Waals surface area contributed by atoms with Gasteiger partial charge in [0.25, 0.3) is 5.91 Å². The molecule has 9 heteroatoms. The van der Waals surface area contributed by atoms with Gasteiger partial charge in [-0.05, 0) is 60.0 Å². The van der Waals surface area contributed by atoms with Crippen molar-refractivity contribution in [1.29, 1.82) is 5.26 Å². The Labute approximate surface area is 226 Å². The van der Waals surface area contributed by atoms with Crippen LogP contribution in [0.1, 0.15) is 46.8 Å². The largest absolute Gasteiger partial charge is 0.497 e. The van der Waals surface area contributed by atoms with Crippen molar-refractivity contribution >= 4 is 23.1 Å². The number of hydrogen-bond acceptors (Lipinski definition) is 7. The molecule has 2 heterocycles. The number of carbonyl (C=O) groups excluding carboxylic acids is 2. The number of ether oxygens (including phenoxy) is 2. The van der Waals surface area contributed by atoms with Gasteiger partial charge in [-0.1, -0.05) is 26.0 Å². The van der Waals surface area contributed by atoms with Gasteiger partial charge in [-0.15, -0.1) is 0 Å². The summed E-state index contributed by atoms with van der Waals surface area (Å²) in [4.78, 5) is 31.2. The summed E-state index contributed by atoms with van der Waals surface area (Å²) < 4.78 is 16.7. The van der Waals surface area contributed by atoms with Gasteiger partial charge < -0.3 is 24.1 Å². The van der Waals surface area contributed by atoms with Crippen LogP contribution in [0.15, 0.2) is 65.1 Å². The summed E-state index contributed by atoms with van der Waals surface area (Å²) in [6.45, 7) is 5.08. The van der Waals surface area contributed by atoms with Crippen molar-refractivity contribution in [1.82, 2.24) is 15.2 Å². The second-order valence-electron chi connectivity index (χ2n) is 9.72. The number of rotatable bonds is 8. The maximum absolute atomic E-state index is 12.7. The van der Waals surface area contributed by atoms with Crippen LogP contribution in [0.3, 0.4) is 0 Å². The van der Waals surface area contributed by atoms with Crippen LogP contribution >= 0.6 is 0 Å². The highest BCUT2D eigenvalue weighted by atomic mass is 16.6. The number of nitrogens with one attached hydrogen (secondary N) is 1. The lowest BCUT2D eigenvalue weighted by molar-refractivity contribution is 0.0914. The van der Waals surface area contributed by atoms with Crippen LogP contribution in [0.2, 0.25) is 0 Å². The smallest absolute Gasteiger partial charge is 0.410 e. The van der Waals surface area contributed by atoms with Gasteiger partial charge in [0.15, 0.2) is 5.58 Å². The van der Waals surface area contributed by atoms with Crippen LogP contribution in [0, 0.1) is 11.3 Å². The molecule has 1 unspecified atom stereocenters. The first kappa shape index (κ1) is 25.8. The highest BCUT2D eigenvalue weighted by Crippen LogP contribution is 2.31. The van der Waals surface area contributed by atoms with Crippen LogP contribution < -0.4 is 10.1 Å². The number of oxazole rings is 1. The van der Waals surface area contributed by atoms with Crippen molar-refractivity contribution in [2.75, 3.05) is 20.2 Å². The standard InChI is InChI=1S/C30H28N4O5/c1-18(2)25-12-20(14-31)13-26-27(25)39-29(33-26)22-8-6-21(7-9-22)28(35)32-15-24-17-34(30(36)38-24)16-19-4-10-23(37-3)11-5-19/h4-13,18,24H,15-17H2,1-3H3,(H,32,35). The molecule has 1 N–H and O–H groups in total. The van der Waals surface area contributed by atoms with E-state index in [0.29, 0.717) is 41.2 Å². The summed E-state index contributed by atoms with van der Waals surface area (Å²) >= 11 is 0. The van der Waals surface area contributed by atoms with Gasteiger partial charge in [0.2, 0.25) is 5.89 Å².